The van der Waals surface area contributed by atoms with Crippen LogP contribution in [0, 0.1) is 0 Å². The number of halogens is 1. The van der Waals surface area contributed by atoms with Crippen LogP contribution >= 0.6 is 11.9 Å². The summed E-state index contributed by atoms with van der Waals surface area (Å²) in [6.07, 6.45) is 4.77. The summed E-state index contributed by atoms with van der Waals surface area (Å²) in [5.41, 5.74) is 0. The molecule has 0 fully saturated rings. The van der Waals surface area contributed by atoms with Crippen molar-refractivity contribution in [3.63, 3.8) is 0 Å². The molecular formula is C4H4FNS. The van der Waals surface area contributed by atoms with Crippen LogP contribution in [0.15, 0.2) is 23.8 Å². The second kappa shape index (κ2) is 2.02. The molecule has 1 rings (SSSR count). The van der Waals surface area contributed by atoms with E-state index in [9.17, 15) is 4.48 Å². The Morgan fingerprint density at radius 2 is 2.29 bits per heavy atom. The van der Waals surface area contributed by atoms with Crippen LogP contribution in [0.3, 0.4) is 0 Å². The maximum absolute atomic E-state index is 11.8. The first kappa shape index (κ1) is 4.71. The van der Waals surface area contributed by atoms with Gasteiger partial charge in [-0.3, -0.25) is 0 Å². The Hall–Kier alpha value is -0.440. The molecule has 0 saturated heterocycles. The lowest BCUT2D eigenvalue weighted by atomic mass is 10.6. The fraction of sp³-hybridized carbons (Fsp3) is 0. The van der Waals surface area contributed by atoms with E-state index in [0.717, 1.165) is 11.9 Å². The summed E-state index contributed by atoms with van der Waals surface area (Å²) in [7, 11) is 0. The minimum Gasteiger partial charge on any atom is -0.156 e. The van der Waals surface area contributed by atoms with Crippen molar-refractivity contribution in [3.05, 3.63) is 23.8 Å². The molecule has 3 heteroatoms. The Morgan fingerprint density at radius 3 is 2.57 bits per heavy atom. The highest BCUT2D eigenvalue weighted by Crippen LogP contribution is 2.15. The first-order valence-electron chi connectivity index (χ1n) is 1.85. The lowest BCUT2D eigenvalue weighted by Gasteiger charge is -2.03. The molecule has 0 atom stereocenters. The van der Waals surface area contributed by atoms with E-state index in [0.29, 0.717) is 4.53 Å². The molecule has 1 aliphatic rings. The van der Waals surface area contributed by atoms with Crippen LogP contribution < -0.4 is 0 Å². The summed E-state index contributed by atoms with van der Waals surface area (Å²) in [6.45, 7) is 0. The van der Waals surface area contributed by atoms with Crippen LogP contribution in [0.5, 0.6) is 0 Å². The van der Waals surface area contributed by atoms with E-state index in [4.69, 9.17) is 0 Å². The van der Waals surface area contributed by atoms with Crippen molar-refractivity contribution in [1.29, 1.82) is 0 Å². The lowest BCUT2D eigenvalue weighted by Crippen LogP contribution is -1.90. The van der Waals surface area contributed by atoms with E-state index in [1.54, 1.807) is 17.6 Å². The van der Waals surface area contributed by atoms with E-state index >= 15 is 0 Å². The Morgan fingerprint density at radius 1 is 1.43 bits per heavy atom. The summed E-state index contributed by atoms with van der Waals surface area (Å²) in [5, 5.41) is 1.67. The van der Waals surface area contributed by atoms with Crippen LogP contribution in [0.4, 0.5) is 4.48 Å². The third-order valence-corrected chi connectivity index (χ3v) is 1.16. The normalized spacial score (nSPS) is 18.1. The zero-order valence-electron chi connectivity index (χ0n) is 3.54. The second-order valence-electron chi connectivity index (χ2n) is 1.05. The molecule has 0 unspecified atom stereocenters. The van der Waals surface area contributed by atoms with Crippen LogP contribution in [0.1, 0.15) is 0 Å². The highest BCUT2D eigenvalue weighted by molar-refractivity contribution is 7.99. The van der Waals surface area contributed by atoms with E-state index in [1.807, 2.05) is 0 Å². The topological polar surface area (TPSA) is 3.24 Å². The van der Waals surface area contributed by atoms with Gasteiger partial charge in [-0.1, -0.05) is 10.6 Å². The minimum atomic E-state index is 0.542. The number of rotatable bonds is 0. The summed E-state index contributed by atoms with van der Waals surface area (Å²) in [6, 6.07) is 0. The number of allylic oxidation sites excluding steroid dienone is 2. The zero-order chi connectivity index (χ0) is 5.11. The molecule has 7 heavy (non-hydrogen) atoms. The fourth-order valence-corrected chi connectivity index (χ4v) is 0.709. The van der Waals surface area contributed by atoms with E-state index in [-0.39, 0.29) is 0 Å². The van der Waals surface area contributed by atoms with Gasteiger partial charge in [0.05, 0.1) is 0 Å². The zero-order valence-corrected chi connectivity index (χ0v) is 4.36. The van der Waals surface area contributed by atoms with Gasteiger partial charge < -0.3 is 0 Å². The Kier molecular flexibility index (Phi) is 1.36. The fourth-order valence-electron chi connectivity index (χ4n) is 0.291. The van der Waals surface area contributed by atoms with Crippen molar-refractivity contribution in [2.75, 3.05) is 0 Å². The van der Waals surface area contributed by atoms with Crippen LogP contribution in [0.25, 0.3) is 0 Å². The maximum Gasteiger partial charge on any atom is 0.0461 e. The molecular weight excluding hydrogens is 113 g/mol. The van der Waals surface area contributed by atoms with Gasteiger partial charge in [-0.15, -0.1) is 0 Å². The lowest BCUT2D eigenvalue weighted by molar-refractivity contribution is 0.233. The summed E-state index contributed by atoms with van der Waals surface area (Å²) < 4.78 is 12.4. The van der Waals surface area contributed by atoms with E-state index < -0.39 is 0 Å². The number of nitrogens with zero attached hydrogens (tertiary/aromatic N) is 1. The molecule has 0 saturated carbocycles. The van der Waals surface area contributed by atoms with Crippen LogP contribution in [0.2, 0.25) is 0 Å². The molecule has 38 valence electrons. The van der Waals surface area contributed by atoms with Crippen LogP contribution in [-0.2, 0) is 0 Å². The molecule has 0 aromatic heterocycles. The van der Waals surface area contributed by atoms with Gasteiger partial charge in [-0.05, 0) is 11.5 Å². The van der Waals surface area contributed by atoms with Gasteiger partial charge in [0, 0.05) is 18.1 Å². The predicted octanol–water partition coefficient (Wildman–Crippen LogP) is 1.86. The van der Waals surface area contributed by atoms with Crippen molar-refractivity contribution in [2.24, 2.45) is 0 Å². The van der Waals surface area contributed by atoms with Gasteiger partial charge in [0.2, 0.25) is 0 Å². The quantitative estimate of drug-likeness (QED) is 0.352. The monoisotopic (exact) mass is 117 g/mol. The van der Waals surface area contributed by atoms with Gasteiger partial charge in [0.25, 0.3) is 0 Å². The van der Waals surface area contributed by atoms with Crippen molar-refractivity contribution >= 4 is 11.9 Å². The Balaban J connectivity index is 2.49. The molecule has 0 spiro atoms. The van der Waals surface area contributed by atoms with Gasteiger partial charge in [-0.25, -0.2) is 0 Å². The summed E-state index contributed by atoms with van der Waals surface area (Å²) >= 11 is 1.02. The molecule has 0 bridgehead atoms. The third kappa shape index (κ3) is 1.23. The molecule has 0 amide bonds. The van der Waals surface area contributed by atoms with Crippen LogP contribution in [-0.4, -0.2) is 4.53 Å². The predicted molar refractivity (Wildman–Crippen MR) is 28.8 cm³/mol. The first-order chi connectivity index (χ1) is 3.39. The van der Waals surface area contributed by atoms with Crippen molar-refractivity contribution < 1.29 is 4.48 Å². The maximum atomic E-state index is 11.8. The van der Waals surface area contributed by atoms with Gasteiger partial charge >= 0.3 is 0 Å². The average Bonchev–Trinajstić information content (AvgIpc) is 1.69. The highest BCUT2D eigenvalue weighted by atomic mass is 32.2. The van der Waals surface area contributed by atoms with Crippen molar-refractivity contribution in [1.82, 2.24) is 4.53 Å². The van der Waals surface area contributed by atoms with Gasteiger partial charge in [0.15, 0.2) is 0 Å². The average molecular weight is 117 g/mol. The van der Waals surface area contributed by atoms with E-state index in [2.05, 4.69) is 0 Å². The molecule has 0 radical (unpaired) electrons. The third-order valence-electron chi connectivity index (χ3n) is 0.555. The van der Waals surface area contributed by atoms with Crippen molar-refractivity contribution in [2.45, 2.75) is 0 Å². The second-order valence-corrected chi connectivity index (χ2v) is 1.88. The minimum absolute atomic E-state index is 0.542. The molecule has 0 aromatic carbocycles. The molecule has 1 nitrogen and oxygen atoms in total. The molecule has 0 N–H and O–H groups in total. The van der Waals surface area contributed by atoms with Gasteiger partial charge in [-0.2, -0.15) is 4.53 Å². The number of hydrogen-bond donors (Lipinski definition) is 0. The van der Waals surface area contributed by atoms with Gasteiger partial charge in [0.1, 0.15) is 0 Å². The smallest absolute Gasteiger partial charge is 0.0461 e. The molecule has 1 aliphatic heterocycles. The van der Waals surface area contributed by atoms with Crippen molar-refractivity contribution in [3.8, 4) is 0 Å². The number of hydrogen-bond acceptors (Lipinski definition) is 2. The standard InChI is InChI=1S/C4H4FNS/c5-6-3-1-2-4-7-6/h1-4H. The summed E-state index contributed by atoms with van der Waals surface area (Å²) in [5.74, 6) is 0. The summed E-state index contributed by atoms with van der Waals surface area (Å²) in [4.78, 5) is 0. The SMILES string of the molecule is FN1C=CC=CS1. The first-order valence-corrected chi connectivity index (χ1v) is 2.68. The Bertz CT molecular complexity index is 110. The molecule has 0 aromatic rings. The van der Waals surface area contributed by atoms with E-state index in [1.165, 1.54) is 6.20 Å². The molecule has 0 aliphatic carbocycles. The molecule has 1 heterocycles. The Labute approximate surface area is 45.6 Å². The largest absolute Gasteiger partial charge is 0.156 e. The highest BCUT2D eigenvalue weighted by Gasteiger charge is 1.92.